The number of hydrogen-bond donors (Lipinski definition) is 1. The Labute approximate surface area is 219 Å². The molecule has 0 aromatic heterocycles. The molecule has 0 fully saturated rings. The lowest BCUT2D eigenvalue weighted by molar-refractivity contribution is -0.142. The number of halogens is 1. The van der Waals surface area contributed by atoms with E-state index in [4.69, 9.17) is 21.1 Å². The Morgan fingerprint density at radius 3 is 2.16 bits per heavy atom. The number of carbonyl (C=O) groups excluding carboxylic acids is 2. The van der Waals surface area contributed by atoms with Crippen LogP contribution in [0.25, 0.3) is 0 Å². The molecule has 1 amide bonds. The van der Waals surface area contributed by atoms with Gasteiger partial charge in [-0.25, -0.2) is 18.6 Å². The second-order valence-corrected chi connectivity index (χ2v) is 9.69. The third-order valence-electron chi connectivity index (χ3n) is 4.92. The number of rotatable bonds is 11. The minimum atomic E-state index is -4.11. The van der Waals surface area contributed by atoms with Crippen LogP contribution < -0.4 is 19.2 Å². The van der Waals surface area contributed by atoms with Crippen LogP contribution in [0.4, 0.5) is 5.69 Å². The van der Waals surface area contributed by atoms with Crippen molar-refractivity contribution in [3.05, 3.63) is 83.4 Å². The number of anilines is 1. The highest BCUT2D eigenvalue weighted by atomic mass is 35.5. The van der Waals surface area contributed by atoms with Crippen LogP contribution >= 0.6 is 11.6 Å². The van der Waals surface area contributed by atoms with E-state index in [1.54, 1.807) is 24.3 Å². The lowest BCUT2D eigenvalue weighted by Gasteiger charge is -2.23. The van der Waals surface area contributed by atoms with Crippen molar-refractivity contribution in [3.8, 4) is 11.5 Å². The number of amides is 1. The van der Waals surface area contributed by atoms with Gasteiger partial charge in [-0.15, -0.1) is 0 Å². The van der Waals surface area contributed by atoms with Crippen molar-refractivity contribution in [2.24, 2.45) is 5.10 Å². The molecule has 12 heteroatoms. The highest BCUT2D eigenvalue weighted by molar-refractivity contribution is 7.92. The molecule has 0 aliphatic heterocycles. The number of nitrogens with one attached hydrogen (secondary N) is 1. The van der Waals surface area contributed by atoms with E-state index in [1.807, 2.05) is 0 Å². The number of benzene rings is 3. The number of methoxy groups -OCH3 is 2. The number of ether oxygens (including phenoxy) is 3. The average molecular weight is 546 g/mol. The van der Waals surface area contributed by atoms with E-state index in [0.29, 0.717) is 22.1 Å². The van der Waals surface area contributed by atoms with E-state index in [1.165, 1.54) is 69.0 Å². The van der Waals surface area contributed by atoms with Gasteiger partial charge in [-0.3, -0.25) is 9.10 Å². The molecule has 0 spiro atoms. The standard InChI is InChI=1S/C25H24ClN3O7S/c1-34-21-11-13-23(14-12-21)37(32,33)29(20-7-5-19(26)6-8-20)16-24(30)28-27-15-18-3-9-22(10-4-18)36-17-25(31)35-2/h3-15H,16-17H2,1-2H3,(H,28,30)/b27-15-. The molecule has 3 aromatic carbocycles. The second-order valence-electron chi connectivity index (χ2n) is 7.39. The van der Waals surface area contributed by atoms with E-state index in [2.05, 4.69) is 15.3 Å². The van der Waals surface area contributed by atoms with Crippen LogP contribution in [0.5, 0.6) is 11.5 Å². The molecule has 0 radical (unpaired) electrons. The SMILES string of the molecule is COC(=O)COc1ccc(/C=N\NC(=O)CN(c2ccc(Cl)cc2)S(=O)(=O)c2ccc(OC)cc2)cc1. The zero-order chi connectivity index (χ0) is 26.8. The van der Waals surface area contributed by atoms with Crippen LogP contribution in [0.15, 0.2) is 82.8 Å². The predicted octanol–water partition coefficient (Wildman–Crippen LogP) is 3.25. The van der Waals surface area contributed by atoms with Crippen LogP contribution in [-0.2, 0) is 24.3 Å². The number of esters is 1. The topological polar surface area (TPSA) is 124 Å². The maximum atomic E-state index is 13.4. The Balaban J connectivity index is 1.71. The first-order valence-corrected chi connectivity index (χ1v) is 12.6. The van der Waals surface area contributed by atoms with Crippen molar-refractivity contribution in [3.63, 3.8) is 0 Å². The molecule has 0 aliphatic rings. The molecular formula is C25H24ClN3O7S. The molecular weight excluding hydrogens is 522 g/mol. The zero-order valence-corrected chi connectivity index (χ0v) is 21.5. The van der Waals surface area contributed by atoms with Crippen LogP contribution in [0.2, 0.25) is 5.02 Å². The maximum absolute atomic E-state index is 13.4. The molecule has 0 heterocycles. The van der Waals surface area contributed by atoms with Gasteiger partial charge in [0.1, 0.15) is 18.0 Å². The molecule has 0 atom stereocenters. The summed E-state index contributed by atoms with van der Waals surface area (Å²) in [7, 11) is -1.37. The van der Waals surface area contributed by atoms with Crippen molar-refractivity contribution in [1.82, 2.24) is 5.43 Å². The molecule has 0 saturated heterocycles. The molecule has 3 aromatic rings. The van der Waals surface area contributed by atoms with E-state index < -0.39 is 28.4 Å². The van der Waals surface area contributed by atoms with Crippen molar-refractivity contribution < 1.29 is 32.2 Å². The fourth-order valence-electron chi connectivity index (χ4n) is 2.99. The van der Waals surface area contributed by atoms with Crippen LogP contribution in [0, 0.1) is 0 Å². The zero-order valence-electron chi connectivity index (χ0n) is 20.0. The van der Waals surface area contributed by atoms with Crippen LogP contribution in [0.3, 0.4) is 0 Å². The monoisotopic (exact) mass is 545 g/mol. The van der Waals surface area contributed by atoms with Crippen molar-refractivity contribution in [1.29, 1.82) is 0 Å². The van der Waals surface area contributed by atoms with Crippen molar-refractivity contribution in [2.75, 3.05) is 31.7 Å². The molecule has 37 heavy (non-hydrogen) atoms. The van der Waals surface area contributed by atoms with Crippen LogP contribution in [-0.4, -0.2) is 53.9 Å². The summed E-state index contributed by atoms with van der Waals surface area (Å²) >= 11 is 5.95. The summed E-state index contributed by atoms with van der Waals surface area (Å²) in [6.07, 6.45) is 1.38. The summed E-state index contributed by atoms with van der Waals surface area (Å²) < 4.78 is 42.6. The Morgan fingerprint density at radius 1 is 0.946 bits per heavy atom. The largest absolute Gasteiger partial charge is 0.497 e. The van der Waals surface area contributed by atoms with Gasteiger partial charge in [0.05, 0.1) is 31.0 Å². The van der Waals surface area contributed by atoms with Gasteiger partial charge >= 0.3 is 5.97 Å². The highest BCUT2D eigenvalue weighted by Crippen LogP contribution is 2.26. The van der Waals surface area contributed by atoms with Crippen molar-refractivity contribution >= 4 is 45.4 Å². The second kappa shape index (κ2) is 12.7. The van der Waals surface area contributed by atoms with Crippen molar-refractivity contribution in [2.45, 2.75) is 4.90 Å². The first kappa shape index (κ1) is 27.5. The lowest BCUT2D eigenvalue weighted by Crippen LogP contribution is -2.39. The average Bonchev–Trinajstić information content (AvgIpc) is 2.91. The number of carbonyl (C=O) groups is 2. The van der Waals surface area contributed by atoms with Gasteiger partial charge < -0.3 is 14.2 Å². The summed E-state index contributed by atoms with van der Waals surface area (Å²) in [5, 5.41) is 4.32. The predicted molar refractivity (Wildman–Crippen MR) is 139 cm³/mol. The smallest absolute Gasteiger partial charge is 0.343 e. The summed E-state index contributed by atoms with van der Waals surface area (Å²) in [5.41, 5.74) is 3.22. The fraction of sp³-hybridized carbons (Fsp3) is 0.160. The molecule has 10 nitrogen and oxygen atoms in total. The third kappa shape index (κ3) is 7.69. The first-order valence-electron chi connectivity index (χ1n) is 10.8. The Kier molecular flexibility index (Phi) is 9.47. The van der Waals surface area contributed by atoms with Gasteiger partial charge in [-0.1, -0.05) is 11.6 Å². The molecule has 194 valence electrons. The molecule has 0 aliphatic carbocycles. The Hall–Kier alpha value is -4.09. The van der Waals surface area contributed by atoms with Gasteiger partial charge in [0.25, 0.3) is 15.9 Å². The molecule has 1 N–H and O–H groups in total. The van der Waals surface area contributed by atoms with Crippen LogP contribution in [0.1, 0.15) is 5.56 Å². The summed E-state index contributed by atoms with van der Waals surface area (Å²) in [6.45, 7) is -0.753. The number of nitrogens with zero attached hydrogens (tertiary/aromatic N) is 2. The van der Waals surface area contributed by atoms with Gasteiger partial charge in [0, 0.05) is 5.02 Å². The van der Waals surface area contributed by atoms with E-state index >= 15 is 0 Å². The molecule has 3 rings (SSSR count). The Morgan fingerprint density at radius 2 is 1.57 bits per heavy atom. The minimum Gasteiger partial charge on any atom is -0.497 e. The number of hydrazone groups is 1. The summed E-state index contributed by atoms with van der Waals surface area (Å²) in [4.78, 5) is 23.8. The van der Waals surface area contributed by atoms with E-state index in [9.17, 15) is 18.0 Å². The quantitative estimate of drug-likeness (QED) is 0.223. The minimum absolute atomic E-state index is 0.0194. The number of hydrogen-bond acceptors (Lipinski definition) is 8. The fourth-order valence-corrected chi connectivity index (χ4v) is 4.54. The number of sulfonamides is 1. The van der Waals surface area contributed by atoms with Gasteiger partial charge in [0.15, 0.2) is 6.61 Å². The highest BCUT2D eigenvalue weighted by Gasteiger charge is 2.27. The molecule has 0 unspecified atom stereocenters. The first-order chi connectivity index (χ1) is 17.7. The van der Waals surface area contributed by atoms with Gasteiger partial charge in [0.2, 0.25) is 0 Å². The normalized spacial score (nSPS) is 11.1. The molecule has 0 saturated carbocycles. The van der Waals surface area contributed by atoms with E-state index in [-0.39, 0.29) is 17.2 Å². The molecule has 0 bridgehead atoms. The Bertz CT molecular complexity index is 1340. The third-order valence-corrected chi connectivity index (χ3v) is 6.96. The van der Waals surface area contributed by atoms with Gasteiger partial charge in [-0.05, 0) is 78.4 Å². The lowest BCUT2D eigenvalue weighted by atomic mass is 10.2. The summed E-state index contributed by atoms with van der Waals surface area (Å²) in [5.74, 6) is -0.225. The maximum Gasteiger partial charge on any atom is 0.343 e. The van der Waals surface area contributed by atoms with Gasteiger partial charge in [-0.2, -0.15) is 5.10 Å². The summed E-state index contributed by atoms with van der Waals surface area (Å²) in [6, 6.07) is 18.5. The van der Waals surface area contributed by atoms with E-state index in [0.717, 1.165) is 4.31 Å².